The van der Waals surface area contributed by atoms with Gasteiger partial charge in [0.2, 0.25) is 0 Å². The Kier molecular flexibility index (Phi) is 5.47. The summed E-state index contributed by atoms with van der Waals surface area (Å²) in [6, 6.07) is 7.03. The molecule has 0 aromatic heterocycles. The SMILES string of the molecule is Cc1ccc(OCCN[C@@H]2CCC[C@@H](C)[C@@H]2C)c(C)c1. The van der Waals surface area contributed by atoms with Crippen molar-refractivity contribution in [2.75, 3.05) is 13.2 Å². The van der Waals surface area contributed by atoms with Crippen molar-refractivity contribution < 1.29 is 4.74 Å². The van der Waals surface area contributed by atoms with Gasteiger partial charge in [0.05, 0.1) is 0 Å². The molecule has 0 bridgehead atoms. The van der Waals surface area contributed by atoms with E-state index in [1.54, 1.807) is 0 Å². The molecule has 0 saturated heterocycles. The Bertz CT molecular complexity index is 429. The van der Waals surface area contributed by atoms with E-state index in [0.29, 0.717) is 6.04 Å². The van der Waals surface area contributed by atoms with Gasteiger partial charge in [-0.15, -0.1) is 0 Å². The lowest BCUT2D eigenvalue weighted by atomic mass is 9.78. The minimum atomic E-state index is 0.668. The van der Waals surface area contributed by atoms with Crippen LogP contribution in [0.3, 0.4) is 0 Å². The van der Waals surface area contributed by atoms with Crippen LogP contribution < -0.4 is 10.1 Å². The van der Waals surface area contributed by atoms with Crippen LogP contribution in [0.25, 0.3) is 0 Å². The quantitative estimate of drug-likeness (QED) is 0.817. The summed E-state index contributed by atoms with van der Waals surface area (Å²) in [5, 5.41) is 3.68. The predicted octanol–water partition coefficient (Wildman–Crippen LogP) is 4.10. The molecule has 0 heterocycles. The van der Waals surface area contributed by atoms with E-state index in [1.807, 2.05) is 0 Å². The molecule has 1 aliphatic carbocycles. The molecule has 0 spiro atoms. The van der Waals surface area contributed by atoms with E-state index < -0.39 is 0 Å². The van der Waals surface area contributed by atoms with Gasteiger partial charge < -0.3 is 10.1 Å². The van der Waals surface area contributed by atoms with Crippen molar-refractivity contribution in [3.8, 4) is 5.75 Å². The fourth-order valence-corrected chi connectivity index (χ4v) is 3.24. The van der Waals surface area contributed by atoms with E-state index in [0.717, 1.165) is 30.7 Å². The van der Waals surface area contributed by atoms with E-state index in [1.165, 1.54) is 30.4 Å². The molecule has 2 nitrogen and oxygen atoms in total. The summed E-state index contributed by atoms with van der Waals surface area (Å²) >= 11 is 0. The first-order valence-corrected chi connectivity index (χ1v) is 8.01. The van der Waals surface area contributed by atoms with Crippen LogP contribution in [-0.4, -0.2) is 19.2 Å². The van der Waals surface area contributed by atoms with E-state index >= 15 is 0 Å². The highest BCUT2D eigenvalue weighted by Crippen LogP contribution is 2.29. The van der Waals surface area contributed by atoms with Crippen molar-refractivity contribution in [2.45, 2.75) is 53.0 Å². The molecule has 0 unspecified atom stereocenters. The number of hydrogen-bond donors (Lipinski definition) is 1. The van der Waals surface area contributed by atoms with Crippen molar-refractivity contribution in [3.05, 3.63) is 29.3 Å². The summed E-state index contributed by atoms with van der Waals surface area (Å²) in [6.07, 6.45) is 4.06. The topological polar surface area (TPSA) is 21.3 Å². The predicted molar refractivity (Wildman–Crippen MR) is 85.4 cm³/mol. The lowest BCUT2D eigenvalue weighted by Crippen LogP contribution is -2.42. The second kappa shape index (κ2) is 7.12. The fraction of sp³-hybridized carbons (Fsp3) is 0.667. The zero-order valence-electron chi connectivity index (χ0n) is 13.4. The highest BCUT2D eigenvalue weighted by Gasteiger charge is 2.26. The summed E-state index contributed by atoms with van der Waals surface area (Å²) in [6.45, 7) is 10.7. The van der Waals surface area contributed by atoms with Gasteiger partial charge in [0.25, 0.3) is 0 Å². The Balaban J connectivity index is 1.73. The van der Waals surface area contributed by atoms with Gasteiger partial charge in [-0.1, -0.05) is 44.4 Å². The normalized spacial score (nSPS) is 26.5. The van der Waals surface area contributed by atoms with Gasteiger partial charge in [-0.3, -0.25) is 0 Å². The minimum Gasteiger partial charge on any atom is -0.492 e. The van der Waals surface area contributed by atoms with Gasteiger partial charge in [-0.25, -0.2) is 0 Å². The molecule has 20 heavy (non-hydrogen) atoms. The smallest absolute Gasteiger partial charge is 0.122 e. The molecule has 2 rings (SSSR count). The molecule has 0 aliphatic heterocycles. The van der Waals surface area contributed by atoms with Gasteiger partial charge in [0.15, 0.2) is 0 Å². The first-order valence-electron chi connectivity index (χ1n) is 8.01. The first-order chi connectivity index (χ1) is 9.58. The van der Waals surface area contributed by atoms with E-state index in [2.05, 4.69) is 51.2 Å². The third-order valence-electron chi connectivity index (χ3n) is 4.80. The Morgan fingerprint density at radius 1 is 1.20 bits per heavy atom. The molecule has 0 amide bonds. The lowest BCUT2D eigenvalue weighted by Gasteiger charge is -2.34. The molecule has 0 radical (unpaired) electrons. The molecule has 1 aromatic carbocycles. The summed E-state index contributed by atoms with van der Waals surface area (Å²) in [5.74, 6) is 2.65. The molecule has 1 aromatic rings. The fourth-order valence-electron chi connectivity index (χ4n) is 3.24. The summed E-state index contributed by atoms with van der Waals surface area (Å²) in [4.78, 5) is 0. The van der Waals surface area contributed by atoms with Crippen molar-refractivity contribution in [3.63, 3.8) is 0 Å². The number of aryl methyl sites for hydroxylation is 2. The van der Waals surface area contributed by atoms with Crippen molar-refractivity contribution in [2.24, 2.45) is 11.8 Å². The Hall–Kier alpha value is -1.02. The minimum absolute atomic E-state index is 0.668. The first kappa shape index (κ1) is 15.4. The van der Waals surface area contributed by atoms with E-state index in [-0.39, 0.29) is 0 Å². The molecule has 1 N–H and O–H groups in total. The van der Waals surface area contributed by atoms with E-state index in [9.17, 15) is 0 Å². The zero-order chi connectivity index (χ0) is 14.5. The van der Waals surface area contributed by atoms with Gasteiger partial charge in [0.1, 0.15) is 12.4 Å². The molecule has 1 saturated carbocycles. The van der Waals surface area contributed by atoms with Crippen LogP contribution in [0.1, 0.15) is 44.2 Å². The average Bonchev–Trinajstić information content (AvgIpc) is 2.41. The number of benzene rings is 1. The molecule has 3 atom stereocenters. The third kappa shape index (κ3) is 3.99. The molecule has 2 heteroatoms. The molecule has 1 aliphatic rings. The van der Waals surface area contributed by atoms with Gasteiger partial charge in [-0.2, -0.15) is 0 Å². The van der Waals surface area contributed by atoms with Crippen LogP contribution in [0.4, 0.5) is 0 Å². The third-order valence-corrected chi connectivity index (χ3v) is 4.80. The average molecular weight is 275 g/mol. The van der Waals surface area contributed by atoms with Crippen LogP contribution in [0.2, 0.25) is 0 Å². The summed E-state index contributed by atoms with van der Waals surface area (Å²) in [5.41, 5.74) is 2.52. The Labute approximate surface area is 123 Å². The van der Waals surface area contributed by atoms with Gasteiger partial charge in [0, 0.05) is 12.6 Å². The van der Waals surface area contributed by atoms with Crippen LogP contribution in [0, 0.1) is 25.7 Å². The maximum Gasteiger partial charge on any atom is 0.122 e. The van der Waals surface area contributed by atoms with Gasteiger partial charge >= 0.3 is 0 Å². The monoisotopic (exact) mass is 275 g/mol. The van der Waals surface area contributed by atoms with Crippen LogP contribution in [-0.2, 0) is 0 Å². The summed E-state index contributed by atoms with van der Waals surface area (Å²) < 4.78 is 5.88. The molecular weight excluding hydrogens is 246 g/mol. The van der Waals surface area contributed by atoms with Crippen LogP contribution in [0.15, 0.2) is 18.2 Å². The highest BCUT2D eigenvalue weighted by atomic mass is 16.5. The molecular formula is C18H29NO. The highest BCUT2D eigenvalue weighted by molar-refractivity contribution is 5.35. The summed E-state index contributed by atoms with van der Waals surface area (Å²) in [7, 11) is 0. The number of ether oxygens (including phenoxy) is 1. The van der Waals surface area contributed by atoms with Crippen LogP contribution >= 0.6 is 0 Å². The second-order valence-electron chi connectivity index (χ2n) is 6.45. The number of nitrogens with one attached hydrogen (secondary N) is 1. The van der Waals surface area contributed by atoms with Crippen molar-refractivity contribution >= 4 is 0 Å². The maximum absolute atomic E-state index is 5.88. The molecule has 112 valence electrons. The molecule has 1 fully saturated rings. The largest absolute Gasteiger partial charge is 0.492 e. The van der Waals surface area contributed by atoms with E-state index in [4.69, 9.17) is 4.74 Å². The maximum atomic E-state index is 5.88. The Morgan fingerprint density at radius 3 is 2.75 bits per heavy atom. The van der Waals surface area contributed by atoms with Crippen molar-refractivity contribution in [1.82, 2.24) is 5.32 Å². The standard InChI is InChI=1S/C18H29NO/c1-13-8-9-18(15(3)12-13)20-11-10-19-17-7-5-6-14(2)16(17)4/h8-9,12,14,16-17,19H,5-7,10-11H2,1-4H3/t14-,16+,17-/m1/s1. The van der Waals surface area contributed by atoms with Gasteiger partial charge in [-0.05, 0) is 43.7 Å². The number of rotatable bonds is 5. The Morgan fingerprint density at radius 2 is 2.00 bits per heavy atom. The zero-order valence-corrected chi connectivity index (χ0v) is 13.4. The second-order valence-corrected chi connectivity index (χ2v) is 6.45. The van der Waals surface area contributed by atoms with Crippen molar-refractivity contribution in [1.29, 1.82) is 0 Å². The lowest BCUT2D eigenvalue weighted by molar-refractivity contribution is 0.197. The van der Waals surface area contributed by atoms with Crippen LogP contribution in [0.5, 0.6) is 5.75 Å². The number of hydrogen-bond acceptors (Lipinski definition) is 2.